The van der Waals surface area contributed by atoms with Crippen molar-refractivity contribution in [2.45, 2.75) is 13.0 Å². The third-order valence-corrected chi connectivity index (χ3v) is 2.88. The summed E-state index contributed by atoms with van der Waals surface area (Å²) in [6, 6.07) is 7.76. The van der Waals surface area contributed by atoms with Crippen LogP contribution in [0, 0.1) is 6.92 Å². The number of methoxy groups -OCH3 is 1. The molecule has 0 aliphatic rings. The first-order valence-corrected chi connectivity index (χ1v) is 6.35. The molecule has 5 heteroatoms. The Morgan fingerprint density at radius 1 is 1.30 bits per heavy atom. The number of benzene rings is 1. The summed E-state index contributed by atoms with van der Waals surface area (Å²) in [5, 5.41) is 4.97. The molecule has 1 aromatic carbocycles. The summed E-state index contributed by atoms with van der Waals surface area (Å²) in [5.41, 5.74) is 2.06. The summed E-state index contributed by atoms with van der Waals surface area (Å²) in [5.74, 6) is -1.35. The van der Waals surface area contributed by atoms with E-state index in [-0.39, 0.29) is 19.2 Å². The lowest BCUT2D eigenvalue weighted by atomic mass is 10.0. The van der Waals surface area contributed by atoms with E-state index in [1.807, 2.05) is 31.2 Å². The minimum atomic E-state index is -0.678. The lowest BCUT2D eigenvalue weighted by Crippen LogP contribution is -2.41. The molecule has 0 spiro atoms. The number of carbonyl (C=O) groups excluding carboxylic acids is 2. The van der Waals surface area contributed by atoms with Gasteiger partial charge >= 0.3 is 11.8 Å². The molecule has 0 aromatic heterocycles. The van der Waals surface area contributed by atoms with Gasteiger partial charge in [-0.3, -0.25) is 9.59 Å². The Balaban J connectivity index is 2.58. The molecule has 0 aliphatic heterocycles. The Kier molecular flexibility index (Phi) is 6.46. The minimum absolute atomic E-state index is 0.238. The molecule has 0 fully saturated rings. The van der Waals surface area contributed by atoms with Crippen molar-refractivity contribution in [3.63, 3.8) is 0 Å². The summed E-state index contributed by atoms with van der Waals surface area (Å²) in [6.07, 6.45) is 1.23. The molecule has 2 amide bonds. The van der Waals surface area contributed by atoms with Crippen LogP contribution in [0.1, 0.15) is 17.2 Å². The number of hydrogen-bond donors (Lipinski definition) is 2. The first kappa shape index (κ1) is 15.9. The lowest BCUT2D eigenvalue weighted by Gasteiger charge is -2.18. The molecule has 2 N–H and O–H groups in total. The third-order valence-electron chi connectivity index (χ3n) is 2.88. The second kappa shape index (κ2) is 8.12. The Morgan fingerprint density at radius 3 is 2.55 bits per heavy atom. The highest BCUT2D eigenvalue weighted by Crippen LogP contribution is 2.19. The maximum atomic E-state index is 11.6. The van der Waals surface area contributed by atoms with Crippen molar-refractivity contribution >= 4 is 11.8 Å². The van der Waals surface area contributed by atoms with E-state index in [4.69, 9.17) is 4.74 Å². The van der Waals surface area contributed by atoms with Crippen molar-refractivity contribution in [3.05, 3.63) is 48.0 Å². The number of amides is 2. The van der Waals surface area contributed by atoms with Gasteiger partial charge in [0.15, 0.2) is 0 Å². The number of carbonyl (C=O) groups is 2. The van der Waals surface area contributed by atoms with Gasteiger partial charge in [0.05, 0.1) is 6.10 Å². The van der Waals surface area contributed by atoms with Gasteiger partial charge in [-0.25, -0.2) is 0 Å². The number of hydrogen-bond acceptors (Lipinski definition) is 3. The van der Waals surface area contributed by atoms with Crippen molar-refractivity contribution in [1.82, 2.24) is 10.6 Å². The summed E-state index contributed by atoms with van der Waals surface area (Å²) < 4.78 is 5.37. The molecule has 1 atom stereocenters. The van der Waals surface area contributed by atoms with Gasteiger partial charge < -0.3 is 15.4 Å². The molecule has 0 heterocycles. The van der Waals surface area contributed by atoms with Crippen molar-refractivity contribution < 1.29 is 14.3 Å². The Labute approximate surface area is 119 Å². The second-order valence-electron chi connectivity index (χ2n) is 4.29. The zero-order valence-electron chi connectivity index (χ0n) is 11.8. The van der Waals surface area contributed by atoms with E-state index in [1.165, 1.54) is 6.08 Å². The fourth-order valence-electron chi connectivity index (χ4n) is 1.78. The van der Waals surface area contributed by atoms with Crippen LogP contribution >= 0.6 is 0 Å². The zero-order chi connectivity index (χ0) is 15.0. The standard InChI is InChI=1S/C15H20N2O3/c1-4-9-16-14(18)15(19)17-10-13(20-3)12-8-6-5-7-11(12)2/h4-8,13H,1,9-10H2,2-3H3,(H,16,18)(H,17,19). The number of rotatable bonds is 6. The summed E-state index contributed by atoms with van der Waals surface area (Å²) in [7, 11) is 1.57. The van der Waals surface area contributed by atoms with Crippen LogP contribution in [0.5, 0.6) is 0 Å². The summed E-state index contributed by atoms with van der Waals surface area (Å²) in [6.45, 7) is 5.93. The van der Waals surface area contributed by atoms with Crippen LogP contribution in [-0.4, -0.2) is 32.0 Å². The molecule has 0 aliphatic carbocycles. The SMILES string of the molecule is C=CCNC(=O)C(=O)NCC(OC)c1ccccc1C. The van der Waals surface area contributed by atoms with Gasteiger partial charge in [-0.1, -0.05) is 30.3 Å². The average molecular weight is 276 g/mol. The normalized spacial score (nSPS) is 11.5. The highest BCUT2D eigenvalue weighted by Gasteiger charge is 2.17. The van der Waals surface area contributed by atoms with Crippen LogP contribution < -0.4 is 10.6 Å². The fourth-order valence-corrected chi connectivity index (χ4v) is 1.78. The topological polar surface area (TPSA) is 67.4 Å². The third kappa shape index (κ3) is 4.51. The van der Waals surface area contributed by atoms with Crippen LogP contribution in [0.4, 0.5) is 0 Å². The fraction of sp³-hybridized carbons (Fsp3) is 0.333. The molecule has 20 heavy (non-hydrogen) atoms. The largest absolute Gasteiger partial charge is 0.375 e. The average Bonchev–Trinajstić information content (AvgIpc) is 2.46. The molecular formula is C15H20N2O3. The summed E-state index contributed by atoms with van der Waals surface area (Å²) in [4.78, 5) is 23.0. The van der Waals surface area contributed by atoms with Gasteiger partial charge in [0.2, 0.25) is 0 Å². The molecule has 1 rings (SSSR count). The van der Waals surface area contributed by atoms with Crippen LogP contribution in [0.2, 0.25) is 0 Å². The van der Waals surface area contributed by atoms with E-state index in [1.54, 1.807) is 7.11 Å². The van der Waals surface area contributed by atoms with E-state index in [2.05, 4.69) is 17.2 Å². The first-order chi connectivity index (χ1) is 9.60. The van der Waals surface area contributed by atoms with E-state index in [9.17, 15) is 9.59 Å². The number of nitrogens with one attached hydrogen (secondary N) is 2. The predicted octanol–water partition coefficient (Wildman–Crippen LogP) is 1.10. The molecule has 0 radical (unpaired) electrons. The van der Waals surface area contributed by atoms with Gasteiger partial charge in [0.1, 0.15) is 0 Å². The molecule has 108 valence electrons. The predicted molar refractivity (Wildman–Crippen MR) is 77.1 cm³/mol. The van der Waals surface area contributed by atoms with Gasteiger partial charge in [-0.2, -0.15) is 0 Å². The maximum absolute atomic E-state index is 11.6. The Hall–Kier alpha value is -2.14. The van der Waals surface area contributed by atoms with Crippen molar-refractivity contribution in [2.24, 2.45) is 0 Å². The van der Waals surface area contributed by atoms with E-state index in [0.29, 0.717) is 0 Å². The molecule has 1 unspecified atom stereocenters. The molecule has 1 aromatic rings. The summed E-state index contributed by atoms with van der Waals surface area (Å²) >= 11 is 0. The number of aryl methyl sites for hydroxylation is 1. The van der Waals surface area contributed by atoms with Crippen LogP contribution in [-0.2, 0) is 14.3 Å². The smallest absolute Gasteiger partial charge is 0.309 e. The Morgan fingerprint density at radius 2 is 1.95 bits per heavy atom. The zero-order valence-corrected chi connectivity index (χ0v) is 11.8. The minimum Gasteiger partial charge on any atom is -0.375 e. The van der Waals surface area contributed by atoms with E-state index >= 15 is 0 Å². The van der Waals surface area contributed by atoms with Crippen molar-refractivity contribution in [3.8, 4) is 0 Å². The highest BCUT2D eigenvalue weighted by atomic mass is 16.5. The molecular weight excluding hydrogens is 256 g/mol. The first-order valence-electron chi connectivity index (χ1n) is 6.35. The molecule has 0 bridgehead atoms. The number of ether oxygens (including phenoxy) is 1. The molecule has 5 nitrogen and oxygen atoms in total. The lowest BCUT2D eigenvalue weighted by molar-refractivity contribution is -0.139. The second-order valence-corrected chi connectivity index (χ2v) is 4.29. The Bertz CT molecular complexity index is 486. The van der Waals surface area contributed by atoms with Crippen molar-refractivity contribution in [1.29, 1.82) is 0 Å². The molecule has 0 saturated carbocycles. The van der Waals surface area contributed by atoms with Gasteiger partial charge in [-0.05, 0) is 18.1 Å². The van der Waals surface area contributed by atoms with Crippen LogP contribution in [0.15, 0.2) is 36.9 Å². The highest BCUT2D eigenvalue weighted by molar-refractivity contribution is 6.35. The van der Waals surface area contributed by atoms with Crippen LogP contribution in [0.3, 0.4) is 0 Å². The van der Waals surface area contributed by atoms with E-state index < -0.39 is 11.8 Å². The monoisotopic (exact) mass is 276 g/mol. The quantitative estimate of drug-likeness (QED) is 0.604. The van der Waals surface area contributed by atoms with E-state index in [0.717, 1.165) is 11.1 Å². The van der Waals surface area contributed by atoms with Gasteiger partial charge in [0, 0.05) is 20.2 Å². The van der Waals surface area contributed by atoms with Crippen molar-refractivity contribution in [2.75, 3.05) is 20.2 Å². The van der Waals surface area contributed by atoms with Gasteiger partial charge in [-0.15, -0.1) is 6.58 Å². The van der Waals surface area contributed by atoms with Crippen LogP contribution in [0.25, 0.3) is 0 Å². The molecule has 0 saturated heterocycles. The van der Waals surface area contributed by atoms with Gasteiger partial charge in [0.25, 0.3) is 0 Å². The maximum Gasteiger partial charge on any atom is 0.309 e.